The van der Waals surface area contributed by atoms with Gasteiger partial charge in [-0.05, 0) is 56.4 Å². The zero-order valence-electron chi connectivity index (χ0n) is 13.7. The average molecular weight is 355 g/mol. The Morgan fingerprint density at radius 3 is 2.60 bits per heavy atom. The van der Waals surface area contributed by atoms with E-state index >= 15 is 0 Å². The summed E-state index contributed by atoms with van der Waals surface area (Å²) in [6.45, 7) is 1.81. The fourth-order valence-corrected chi connectivity index (χ4v) is 4.74. The molecule has 6 heteroatoms. The molecule has 2 aliphatic carbocycles. The SMILES string of the molecule is Cc1c(-c2ccc([C]3CC3)s2)c(F)cc2c(=O)[nH]c(=O)n(C3CC3)c12. The van der Waals surface area contributed by atoms with Gasteiger partial charge >= 0.3 is 5.69 Å². The monoisotopic (exact) mass is 355 g/mol. The van der Waals surface area contributed by atoms with E-state index in [-0.39, 0.29) is 11.4 Å². The van der Waals surface area contributed by atoms with E-state index in [1.165, 1.54) is 16.9 Å². The van der Waals surface area contributed by atoms with Crippen molar-refractivity contribution in [3.05, 3.63) is 61.2 Å². The van der Waals surface area contributed by atoms with Crippen LogP contribution in [-0.4, -0.2) is 9.55 Å². The van der Waals surface area contributed by atoms with Crippen LogP contribution in [0.15, 0.2) is 27.8 Å². The first-order valence-electron chi connectivity index (χ1n) is 8.47. The molecule has 1 aromatic carbocycles. The lowest BCUT2D eigenvalue weighted by Crippen LogP contribution is -2.30. The van der Waals surface area contributed by atoms with Crippen molar-refractivity contribution in [3.63, 3.8) is 0 Å². The third-order valence-corrected chi connectivity index (χ3v) is 6.24. The molecule has 0 spiro atoms. The largest absolute Gasteiger partial charge is 0.329 e. The molecule has 0 atom stereocenters. The van der Waals surface area contributed by atoms with E-state index in [2.05, 4.69) is 4.98 Å². The van der Waals surface area contributed by atoms with Crippen LogP contribution in [0.2, 0.25) is 0 Å². The molecular formula is C19H16FN2O2S. The number of benzene rings is 1. The molecule has 2 fully saturated rings. The molecular weight excluding hydrogens is 339 g/mol. The third kappa shape index (κ3) is 2.31. The molecule has 25 heavy (non-hydrogen) atoms. The highest BCUT2D eigenvalue weighted by Gasteiger charge is 2.30. The van der Waals surface area contributed by atoms with Crippen molar-refractivity contribution in [2.75, 3.05) is 0 Å². The summed E-state index contributed by atoms with van der Waals surface area (Å²) in [4.78, 5) is 28.9. The van der Waals surface area contributed by atoms with Gasteiger partial charge in [0.05, 0.1) is 10.9 Å². The van der Waals surface area contributed by atoms with Gasteiger partial charge in [0, 0.05) is 27.3 Å². The van der Waals surface area contributed by atoms with Crippen molar-refractivity contribution in [3.8, 4) is 10.4 Å². The Hall–Kier alpha value is -2.21. The fraction of sp³-hybridized carbons (Fsp3) is 0.316. The lowest BCUT2D eigenvalue weighted by Gasteiger charge is -2.14. The minimum Gasteiger partial charge on any atom is -0.290 e. The molecule has 2 saturated carbocycles. The van der Waals surface area contributed by atoms with Crippen LogP contribution >= 0.6 is 11.3 Å². The summed E-state index contributed by atoms with van der Waals surface area (Å²) in [6, 6.07) is 5.36. The number of fused-ring (bicyclic) bond motifs is 1. The zero-order valence-corrected chi connectivity index (χ0v) is 14.5. The van der Waals surface area contributed by atoms with Crippen LogP contribution in [0, 0.1) is 18.7 Å². The normalized spacial score (nSPS) is 17.4. The molecule has 0 aliphatic heterocycles. The van der Waals surface area contributed by atoms with Gasteiger partial charge in [0.15, 0.2) is 0 Å². The van der Waals surface area contributed by atoms with Crippen molar-refractivity contribution >= 4 is 22.2 Å². The number of aryl methyl sites for hydroxylation is 1. The number of aromatic amines is 1. The quantitative estimate of drug-likeness (QED) is 0.774. The number of halogens is 1. The first-order valence-corrected chi connectivity index (χ1v) is 9.29. The summed E-state index contributed by atoms with van der Waals surface area (Å²) in [5, 5.41) is 0.249. The van der Waals surface area contributed by atoms with Crippen molar-refractivity contribution in [1.82, 2.24) is 9.55 Å². The van der Waals surface area contributed by atoms with Gasteiger partial charge in [0.2, 0.25) is 0 Å². The van der Waals surface area contributed by atoms with Gasteiger partial charge in [0.25, 0.3) is 5.56 Å². The van der Waals surface area contributed by atoms with Crippen LogP contribution < -0.4 is 11.2 Å². The number of nitrogens with zero attached hydrogens (tertiary/aromatic N) is 1. The summed E-state index contributed by atoms with van der Waals surface area (Å²) in [5.74, 6) is 1.01. The van der Waals surface area contributed by atoms with Crippen LogP contribution in [0.5, 0.6) is 0 Å². The minimum atomic E-state index is -0.522. The molecule has 127 valence electrons. The van der Waals surface area contributed by atoms with E-state index in [4.69, 9.17) is 0 Å². The number of nitrogens with one attached hydrogen (secondary N) is 1. The molecule has 3 aromatic rings. The van der Waals surface area contributed by atoms with E-state index in [1.807, 2.05) is 19.1 Å². The Morgan fingerprint density at radius 2 is 1.92 bits per heavy atom. The maximum absolute atomic E-state index is 14.9. The van der Waals surface area contributed by atoms with E-state index in [0.717, 1.165) is 30.6 Å². The number of thiophene rings is 1. The molecule has 2 heterocycles. The highest BCUT2D eigenvalue weighted by molar-refractivity contribution is 7.15. The maximum Gasteiger partial charge on any atom is 0.329 e. The second kappa shape index (κ2) is 5.14. The Bertz CT molecular complexity index is 1130. The first-order chi connectivity index (χ1) is 12.0. The third-order valence-electron chi connectivity index (χ3n) is 5.03. The second-order valence-electron chi connectivity index (χ2n) is 6.88. The number of hydrogen-bond acceptors (Lipinski definition) is 3. The zero-order chi connectivity index (χ0) is 17.3. The summed E-state index contributed by atoms with van der Waals surface area (Å²) in [5.41, 5.74) is 0.817. The summed E-state index contributed by atoms with van der Waals surface area (Å²) < 4.78 is 16.5. The van der Waals surface area contributed by atoms with Crippen LogP contribution in [0.1, 0.15) is 42.2 Å². The van der Waals surface area contributed by atoms with Gasteiger partial charge in [-0.1, -0.05) is 0 Å². The van der Waals surface area contributed by atoms with Gasteiger partial charge < -0.3 is 0 Å². The summed E-state index contributed by atoms with van der Waals surface area (Å²) in [6.07, 6.45) is 4.06. The topological polar surface area (TPSA) is 54.9 Å². The van der Waals surface area contributed by atoms with Gasteiger partial charge in [-0.3, -0.25) is 14.3 Å². The number of H-pyrrole nitrogens is 1. The molecule has 2 aliphatic rings. The van der Waals surface area contributed by atoms with E-state index in [1.54, 1.807) is 15.9 Å². The predicted octanol–water partition coefficient (Wildman–Crippen LogP) is 3.92. The Kier molecular flexibility index (Phi) is 3.10. The maximum atomic E-state index is 14.9. The van der Waals surface area contributed by atoms with Crippen LogP contribution in [0.25, 0.3) is 21.3 Å². The molecule has 4 nitrogen and oxygen atoms in total. The number of rotatable bonds is 3. The standard InChI is InChI=1S/C19H16FN2O2S/c1-9-16(15-7-6-14(25-15)10-2-3-10)13(20)8-12-17(9)22(11-4-5-11)19(24)21-18(12)23/h6-8,11H,2-5H2,1H3,(H,21,23,24). The Labute approximate surface area is 146 Å². The molecule has 2 aromatic heterocycles. The number of aromatic nitrogens is 2. The van der Waals surface area contributed by atoms with E-state index < -0.39 is 17.1 Å². The average Bonchev–Trinajstić information content (AvgIpc) is 3.49. The van der Waals surface area contributed by atoms with Crippen molar-refractivity contribution < 1.29 is 4.39 Å². The molecule has 5 rings (SSSR count). The number of hydrogen-bond donors (Lipinski definition) is 1. The molecule has 0 amide bonds. The molecule has 0 bridgehead atoms. The van der Waals surface area contributed by atoms with Gasteiger partial charge in [-0.25, -0.2) is 9.18 Å². The van der Waals surface area contributed by atoms with E-state index in [0.29, 0.717) is 16.6 Å². The van der Waals surface area contributed by atoms with Crippen molar-refractivity contribution in [1.29, 1.82) is 0 Å². The highest BCUT2D eigenvalue weighted by atomic mass is 32.1. The van der Waals surface area contributed by atoms with Crippen LogP contribution in [-0.2, 0) is 0 Å². The molecule has 0 saturated heterocycles. The van der Waals surface area contributed by atoms with Gasteiger partial charge in [-0.2, -0.15) is 0 Å². The minimum absolute atomic E-state index is 0.102. The van der Waals surface area contributed by atoms with Gasteiger partial charge in [0.1, 0.15) is 5.82 Å². The Morgan fingerprint density at radius 1 is 1.20 bits per heavy atom. The van der Waals surface area contributed by atoms with Crippen molar-refractivity contribution in [2.24, 2.45) is 0 Å². The second-order valence-corrected chi connectivity index (χ2v) is 7.97. The lowest BCUT2D eigenvalue weighted by molar-refractivity contribution is 0.630. The summed E-state index contributed by atoms with van der Waals surface area (Å²) in [7, 11) is 0. The van der Waals surface area contributed by atoms with Crippen molar-refractivity contribution in [2.45, 2.75) is 38.6 Å². The highest BCUT2D eigenvalue weighted by Crippen LogP contribution is 2.45. The van der Waals surface area contributed by atoms with Crippen LogP contribution in [0.4, 0.5) is 4.39 Å². The molecule has 1 radical (unpaired) electrons. The fourth-order valence-electron chi connectivity index (χ4n) is 3.53. The first kappa shape index (κ1) is 15.1. The van der Waals surface area contributed by atoms with E-state index in [9.17, 15) is 14.0 Å². The molecule has 0 unspecified atom stereocenters. The molecule has 1 N–H and O–H groups in total. The van der Waals surface area contributed by atoms with Gasteiger partial charge in [-0.15, -0.1) is 11.3 Å². The lowest BCUT2D eigenvalue weighted by atomic mass is 10.0. The summed E-state index contributed by atoms with van der Waals surface area (Å²) >= 11 is 1.58. The Balaban J connectivity index is 1.83. The van der Waals surface area contributed by atoms with Crippen LogP contribution in [0.3, 0.4) is 0 Å². The predicted molar refractivity (Wildman–Crippen MR) is 96.7 cm³/mol. The smallest absolute Gasteiger partial charge is 0.290 e.